The number of aromatic nitrogens is 1. The number of fused-ring (bicyclic) bond motifs is 1. The van der Waals surface area contributed by atoms with Crippen LogP contribution in [0.2, 0.25) is 5.02 Å². The Balaban J connectivity index is 1.27. The molecule has 1 fully saturated rings. The van der Waals surface area contributed by atoms with Crippen molar-refractivity contribution in [3.05, 3.63) is 88.2 Å². The van der Waals surface area contributed by atoms with Gasteiger partial charge < -0.3 is 10.2 Å². The third-order valence-corrected chi connectivity index (χ3v) is 6.51. The van der Waals surface area contributed by atoms with Crippen LogP contribution in [0.25, 0.3) is 11.1 Å². The van der Waals surface area contributed by atoms with Gasteiger partial charge in [0.15, 0.2) is 0 Å². The lowest BCUT2D eigenvalue weighted by atomic mass is 10.0. The van der Waals surface area contributed by atoms with Crippen LogP contribution in [0.4, 0.5) is 0 Å². The zero-order chi connectivity index (χ0) is 24.5. The Bertz CT molecular complexity index is 1360. The molecule has 0 saturated carbocycles. The van der Waals surface area contributed by atoms with E-state index in [4.69, 9.17) is 11.6 Å². The van der Waals surface area contributed by atoms with Crippen molar-refractivity contribution in [1.82, 2.24) is 20.5 Å². The van der Waals surface area contributed by atoms with E-state index < -0.39 is 11.9 Å². The first-order valence-corrected chi connectivity index (χ1v) is 11.5. The number of rotatable bonds is 5. The van der Waals surface area contributed by atoms with E-state index in [1.807, 2.05) is 36.4 Å². The summed E-state index contributed by atoms with van der Waals surface area (Å²) in [5.74, 6) is -1.34. The fraction of sp³-hybridized carbons (Fsp3) is 0.192. The van der Waals surface area contributed by atoms with Crippen LogP contribution in [0.15, 0.2) is 60.8 Å². The van der Waals surface area contributed by atoms with E-state index in [0.29, 0.717) is 17.0 Å². The molecule has 2 N–H and O–H groups in total. The molecule has 0 aliphatic carbocycles. The first-order chi connectivity index (χ1) is 16.9. The molecule has 9 heteroatoms. The minimum Gasteiger partial charge on any atom is -0.347 e. The van der Waals surface area contributed by atoms with Gasteiger partial charge >= 0.3 is 0 Å². The number of carbonyl (C=O) groups is 4. The van der Waals surface area contributed by atoms with Gasteiger partial charge in [0.2, 0.25) is 11.8 Å². The number of pyridine rings is 1. The van der Waals surface area contributed by atoms with Gasteiger partial charge in [0, 0.05) is 36.8 Å². The maximum atomic E-state index is 12.8. The summed E-state index contributed by atoms with van der Waals surface area (Å²) in [4.78, 5) is 54.9. The topological polar surface area (TPSA) is 108 Å². The Kier molecular flexibility index (Phi) is 6.05. The highest BCUT2D eigenvalue weighted by atomic mass is 35.5. The summed E-state index contributed by atoms with van der Waals surface area (Å²) in [6.07, 6.45) is 1.98. The summed E-state index contributed by atoms with van der Waals surface area (Å²) in [6, 6.07) is 15.8. The van der Waals surface area contributed by atoms with Crippen LogP contribution in [0, 0.1) is 0 Å². The molecular weight excluding hydrogens is 468 g/mol. The molecular formula is C26H21ClN4O4. The SMILES string of the molecule is O=C1CCC(N2Cc3cc(CNC(=O)c4cc(-c5ccccc5)c(Cl)cn4)ccc3C2=O)C(=O)N1. The fourth-order valence-electron chi connectivity index (χ4n) is 4.41. The van der Waals surface area contributed by atoms with Crippen LogP contribution < -0.4 is 10.6 Å². The fourth-order valence-corrected chi connectivity index (χ4v) is 4.62. The largest absolute Gasteiger partial charge is 0.347 e. The number of imide groups is 1. The number of nitrogens with one attached hydrogen (secondary N) is 2. The quantitative estimate of drug-likeness (QED) is 0.536. The maximum absolute atomic E-state index is 12.8. The van der Waals surface area contributed by atoms with Crippen molar-refractivity contribution >= 4 is 35.2 Å². The standard InChI is InChI=1S/C26H21ClN4O4/c27-20-13-28-21(11-19(20)16-4-2-1-3-5-16)24(33)29-12-15-6-7-18-17(10-15)14-31(26(18)35)22-8-9-23(32)30-25(22)34/h1-7,10-11,13,22H,8-9,12,14H2,(H,29,33)(H,30,32,34). The number of halogens is 1. The lowest BCUT2D eigenvalue weighted by molar-refractivity contribution is -0.136. The molecule has 1 aromatic heterocycles. The number of amides is 4. The molecule has 2 aliphatic heterocycles. The van der Waals surface area contributed by atoms with Crippen molar-refractivity contribution in [2.45, 2.75) is 32.0 Å². The third kappa shape index (κ3) is 4.52. The molecule has 1 saturated heterocycles. The van der Waals surface area contributed by atoms with E-state index in [9.17, 15) is 19.2 Å². The highest BCUT2D eigenvalue weighted by Gasteiger charge is 2.39. The molecule has 0 spiro atoms. The Morgan fingerprint density at radius 2 is 1.89 bits per heavy atom. The Morgan fingerprint density at radius 1 is 1.09 bits per heavy atom. The van der Waals surface area contributed by atoms with Crippen LogP contribution in [0.1, 0.15) is 44.8 Å². The van der Waals surface area contributed by atoms with Gasteiger partial charge in [0.05, 0.1) is 5.02 Å². The lowest BCUT2D eigenvalue weighted by Crippen LogP contribution is -2.52. The van der Waals surface area contributed by atoms with Gasteiger partial charge in [0.1, 0.15) is 11.7 Å². The molecule has 0 bridgehead atoms. The number of piperidine rings is 1. The zero-order valence-electron chi connectivity index (χ0n) is 18.6. The molecule has 1 unspecified atom stereocenters. The van der Waals surface area contributed by atoms with Crippen LogP contribution >= 0.6 is 11.6 Å². The second kappa shape index (κ2) is 9.31. The van der Waals surface area contributed by atoms with Crippen molar-refractivity contribution in [1.29, 1.82) is 0 Å². The molecule has 35 heavy (non-hydrogen) atoms. The first kappa shape index (κ1) is 22.7. The lowest BCUT2D eigenvalue weighted by Gasteiger charge is -2.29. The Hall–Kier alpha value is -4.04. The van der Waals surface area contributed by atoms with E-state index in [2.05, 4.69) is 15.6 Å². The van der Waals surface area contributed by atoms with Crippen LogP contribution in [-0.4, -0.2) is 39.6 Å². The van der Waals surface area contributed by atoms with Crippen LogP contribution in [-0.2, 0) is 22.7 Å². The Labute approximate surface area is 206 Å². The number of carbonyl (C=O) groups excluding carboxylic acids is 4. The molecule has 2 aromatic carbocycles. The van der Waals surface area contributed by atoms with Gasteiger partial charge in [-0.3, -0.25) is 24.5 Å². The molecule has 176 valence electrons. The normalized spacial score (nSPS) is 17.2. The molecule has 0 radical (unpaired) electrons. The summed E-state index contributed by atoms with van der Waals surface area (Å²) < 4.78 is 0. The van der Waals surface area contributed by atoms with Crippen LogP contribution in [0.3, 0.4) is 0 Å². The molecule has 3 heterocycles. The zero-order valence-corrected chi connectivity index (χ0v) is 19.3. The number of nitrogens with zero attached hydrogens (tertiary/aromatic N) is 2. The number of hydrogen-bond donors (Lipinski definition) is 2. The summed E-state index contributed by atoms with van der Waals surface area (Å²) in [5.41, 5.74) is 3.97. The third-order valence-electron chi connectivity index (χ3n) is 6.21. The molecule has 2 aliphatic rings. The maximum Gasteiger partial charge on any atom is 0.270 e. The van der Waals surface area contributed by atoms with E-state index in [1.165, 1.54) is 11.1 Å². The van der Waals surface area contributed by atoms with Crippen molar-refractivity contribution in [3.8, 4) is 11.1 Å². The van der Waals surface area contributed by atoms with Crippen LogP contribution in [0.5, 0.6) is 0 Å². The predicted molar refractivity (Wildman–Crippen MR) is 128 cm³/mol. The predicted octanol–water partition coefficient (Wildman–Crippen LogP) is 3.09. The molecule has 1 atom stereocenters. The molecule has 8 nitrogen and oxygen atoms in total. The van der Waals surface area contributed by atoms with Crippen molar-refractivity contribution < 1.29 is 19.2 Å². The number of benzene rings is 2. The van der Waals surface area contributed by atoms with E-state index in [-0.39, 0.29) is 42.9 Å². The summed E-state index contributed by atoms with van der Waals surface area (Å²) in [6.45, 7) is 0.519. The molecule has 5 rings (SSSR count). The monoisotopic (exact) mass is 488 g/mol. The summed E-state index contributed by atoms with van der Waals surface area (Å²) >= 11 is 6.29. The molecule has 3 aromatic rings. The minimum atomic E-state index is -0.662. The van der Waals surface area contributed by atoms with Gasteiger partial charge in [-0.25, -0.2) is 4.98 Å². The second-order valence-electron chi connectivity index (χ2n) is 8.49. The first-order valence-electron chi connectivity index (χ1n) is 11.2. The number of hydrogen-bond acceptors (Lipinski definition) is 5. The van der Waals surface area contributed by atoms with Gasteiger partial charge in [0.25, 0.3) is 11.8 Å². The highest BCUT2D eigenvalue weighted by molar-refractivity contribution is 6.33. The molecule has 4 amide bonds. The van der Waals surface area contributed by atoms with Crippen molar-refractivity contribution in [3.63, 3.8) is 0 Å². The van der Waals surface area contributed by atoms with E-state index in [1.54, 1.807) is 18.2 Å². The van der Waals surface area contributed by atoms with Gasteiger partial charge in [-0.15, -0.1) is 0 Å². The van der Waals surface area contributed by atoms with Crippen molar-refractivity contribution in [2.75, 3.05) is 0 Å². The summed E-state index contributed by atoms with van der Waals surface area (Å²) in [5, 5.41) is 5.61. The summed E-state index contributed by atoms with van der Waals surface area (Å²) in [7, 11) is 0. The smallest absolute Gasteiger partial charge is 0.270 e. The van der Waals surface area contributed by atoms with Gasteiger partial charge in [-0.05, 0) is 35.2 Å². The van der Waals surface area contributed by atoms with E-state index in [0.717, 1.165) is 22.3 Å². The minimum absolute atomic E-state index is 0.207. The Morgan fingerprint density at radius 3 is 2.66 bits per heavy atom. The second-order valence-corrected chi connectivity index (χ2v) is 8.90. The highest BCUT2D eigenvalue weighted by Crippen LogP contribution is 2.29. The average Bonchev–Trinajstić information content (AvgIpc) is 3.18. The van der Waals surface area contributed by atoms with Crippen molar-refractivity contribution in [2.24, 2.45) is 0 Å². The van der Waals surface area contributed by atoms with Gasteiger partial charge in [-0.1, -0.05) is 54.1 Å². The van der Waals surface area contributed by atoms with Gasteiger partial charge in [-0.2, -0.15) is 0 Å². The average molecular weight is 489 g/mol. The van der Waals surface area contributed by atoms with E-state index >= 15 is 0 Å².